The Labute approximate surface area is 173 Å². The van der Waals surface area contributed by atoms with Crippen molar-refractivity contribution in [1.82, 2.24) is 19.5 Å². The number of hydrogen-bond acceptors (Lipinski definition) is 5. The highest BCUT2D eigenvalue weighted by Crippen LogP contribution is 2.29. The van der Waals surface area contributed by atoms with E-state index in [0.29, 0.717) is 21.9 Å². The van der Waals surface area contributed by atoms with Crippen molar-refractivity contribution in [1.29, 1.82) is 0 Å². The molecule has 0 aliphatic rings. The summed E-state index contributed by atoms with van der Waals surface area (Å²) in [6.45, 7) is 8.07. The number of aromatic nitrogens is 4. The first-order chi connectivity index (χ1) is 14.0. The number of fused-ring (bicyclic) bond motifs is 1. The molecule has 0 saturated carbocycles. The van der Waals surface area contributed by atoms with E-state index in [4.69, 9.17) is 4.98 Å². The van der Waals surface area contributed by atoms with E-state index in [9.17, 15) is 4.79 Å². The van der Waals surface area contributed by atoms with E-state index in [0.717, 1.165) is 28.1 Å². The molecule has 4 rings (SSSR count). The van der Waals surface area contributed by atoms with Crippen molar-refractivity contribution in [2.45, 2.75) is 38.6 Å². The Hall–Kier alpha value is -2.99. The van der Waals surface area contributed by atoms with E-state index in [1.54, 1.807) is 6.20 Å². The Morgan fingerprint density at radius 1 is 1.00 bits per heavy atom. The van der Waals surface area contributed by atoms with E-state index in [1.165, 1.54) is 17.3 Å². The maximum atomic E-state index is 12.9. The minimum absolute atomic E-state index is 0.236. The highest BCUT2D eigenvalue weighted by Gasteiger charge is 2.18. The van der Waals surface area contributed by atoms with Gasteiger partial charge >= 0.3 is 0 Å². The Kier molecular flexibility index (Phi) is 5.20. The Morgan fingerprint density at radius 3 is 2.59 bits per heavy atom. The zero-order chi connectivity index (χ0) is 20.5. The van der Waals surface area contributed by atoms with E-state index in [1.807, 2.05) is 48.9 Å². The van der Waals surface area contributed by atoms with Crippen molar-refractivity contribution in [2.24, 2.45) is 0 Å². The van der Waals surface area contributed by atoms with E-state index in [-0.39, 0.29) is 5.56 Å². The van der Waals surface area contributed by atoms with Gasteiger partial charge in [0.15, 0.2) is 10.8 Å². The summed E-state index contributed by atoms with van der Waals surface area (Å²) in [6, 6.07) is 12.0. The fourth-order valence-corrected chi connectivity index (χ4v) is 4.38. The van der Waals surface area contributed by atoms with Gasteiger partial charge in [0, 0.05) is 23.8 Å². The molecule has 0 amide bonds. The number of pyridine rings is 2. The van der Waals surface area contributed by atoms with Crippen molar-refractivity contribution in [3.8, 4) is 5.69 Å². The lowest BCUT2D eigenvalue weighted by atomic mass is 10.1. The van der Waals surface area contributed by atoms with Crippen LogP contribution >= 0.6 is 11.8 Å². The summed E-state index contributed by atoms with van der Waals surface area (Å²) < 4.78 is 2.03. The van der Waals surface area contributed by atoms with Gasteiger partial charge in [-0.3, -0.25) is 14.3 Å². The van der Waals surface area contributed by atoms with Crippen LogP contribution in [0, 0.1) is 27.7 Å². The summed E-state index contributed by atoms with van der Waals surface area (Å²) in [7, 11) is 0. The van der Waals surface area contributed by atoms with Crippen molar-refractivity contribution in [3.63, 3.8) is 0 Å². The molecule has 0 aliphatic heterocycles. The van der Waals surface area contributed by atoms with Crippen LogP contribution in [0.3, 0.4) is 0 Å². The third-order valence-corrected chi connectivity index (χ3v) is 6.06. The fraction of sp³-hybridized carbons (Fsp3) is 0.217. The average Bonchev–Trinajstić information content (AvgIpc) is 2.69. The summed E-state index contributed by atoms with van der Waals surface area (Å²) in [5.74, 6) is 0.668. The van der Waals surface area contributed by atoms with Crippen LogP contribution in [0.25, 0.3) is 16.7 Å². The first-order valence-electron chi connectivity index (χ1n) is 9.45. The molecule has 3 heterocycles. The first-order valence-corrected chi connectivity index (χ1v) is 10.4. The maximum Gasteiger partial charge on any atom is 0.283 e. The zero-order valence-corrected chi connectivity index (χ0v) is 17.7. The molecule has 0 fully saturated rings. The largest absolute Gasteiger partial charge is 0.283 e. The SMILES string of the molecule is Cc1cc(C)c2c(=O)nc(SCc3cccnc3)n(-c3cccc(C)c3C)c2n1. The number of aryl methyl sites for hydroxylation is 3. The number of rotatable bonds is 4. The topological polar surface area (TPSA) is 60.7 Å². The Morgan fingerprint density at radius 2 is 1.83 bits per heavy atom. The van der Waals surface area contributed by atoms with E-state index >= 15 is 0 Å². The van der Waals surface area contributed by atoms with Crippen LogP contribution in [0.2, 0.25) is 0 Å². The molecule has 146 valence electrons. The van der Waals surface area contributed by atoms with Gasteiger partial charge in [0.2, 0.25) is 0 Å². The predicted molar refractivity (Wildman–Crippen MR) is 118 cm³/mol. The molecule has 0 aliphatic carbocycles. The number of benzene rings is 1. The number of nitrogens with zero attached hydrogens (tertiary/aromatic N) is 4. The fourth-order valence-electron chi connectivity index (χ4n) is 3.45. The molecule has 0 atom stereocenters. The van der Waals surface area contributed by atoms with Crippen LogP contribution in [0.5, 0.6) is 0 Å². The Bertz CT molecular complexity index is 1270. The quantitative estimate of drug-likeness (QED) is 0.366. The molecule has 0 N–H and O–H groups in total. The number of hydrogen-bond donors (Lipinski definition) is 0. The van der Waals surface area contributed by atoms with Crippen molar-refractivity contribution < 1.29 is 0 Å². The summed E-state index contributed by atoms with van der Waals surface area (Å²) in [6.07, 6.45) is 3.59. The second kappa shape index (κ2) is 7.79. The van der Waals surface area contributed by atoms with E-state index in [2.05, 4.69) is 35.9 Å². The lowest BCUT2D eigenvalue weighted by Crippen LogP contribution is -2.18. The van der Waals surface area contributed by atoms with Gasteiger partial charge in [0.25, 0.3) is 5.56 Å². The standard InChI is InChI=1S/C23H22N4OS/c1-14-7-5-9-19(17(14)4)27-21-20(15(2)11-16(3)25-21)22(28)26-23(27)29-13-18-8-6-10-24-12-18/h5-12H,13H2,1-4H3. The summed E-state index contributed by atoms with van der Waals surface area (Å²) in [5.41, 5.74) is 6.59. The van der Waals surface area contributed by atoms with E-state index < -0.39 is 0 Å². The van der Waals surface area contributed by atoms with Gasteiger partial charge < -0.3 is 0 Å². The highest BCUT2D eigenvalue weighted by molar-refractivity contribution is 7.98. The highest BCUT2D eigenvalue weighted by atomic mass is 32.2. The van der Waals surface area contributed by atoms with Gasteiger partial charge in [-0.25, -0.2) is 4.98 Å². The molecule has 0 bridgehead atoms. The van der Waals surface area contributed by atoms with Crippen LogP contribution in [0.4, 0.5) is 0 Å². The van der Waals surface area contributed by atoms with Crippen molar-refractivity contribution in [2.75, 3.05) is 0 Å². The third-order valence-electron chi connectivity index (χ3n) is 5.05. The van der Waals surface area contributed by atoms with Gasteiger partial charge in [-0.2, -0.15) is 4.98 Å². The number of thioether (sulfide) groups is 1. The average molecular weight is 403 g/mol. The maximum absolute atomic E-state index is 12.9. The van der Waals surface area contributed by atoms with Gasteiger partial charge in [-0.15, -0.1) is 0 Å². The second-order valence-electron chi connectivity index (χ2n) is 7.18. The van der Waals surface area contributed by atoms with Gasteiger partial charge in [0.05, 0.1) is 11.1 Å². The molecule has 0 saturated heterocycles. The monoisotopic (exact) mass is 402 g/mol. The molecule has 1 aromatic carbocycles. The second-order valence-corrected chi connectivity index (χ2v) is 8.13. The predicted octanol–water partition coefficient (Wildman–Crippen LogP) is 4.70. The molecular formula is C23H22N4OS. The van der Waals surface area contributed by atoms with Crippen LogP contribution in [-0.2, 0) is 5.75 Å². The molecule has 4 aromatic rings. The van der Waals surface area contributed by atoms with Gasteiger partial charge in [-0.05, 0) is 68.1 Å². The lowest BCUT2D eigenvalue weighted by Gasteiger charge is -2.18. The van der Waals surface area contributed by atoms with Gasteiger partial charge in [0.1, 0.15) is 0 Å². The zero-order valence-electron chi connectivity index (χ0n) is 16.9. The smallest absolute Gasteiger partial charge is 0.272 e. The molecule has 0 spiro atoms. The molecular weight excluding hydrogens is 380 g/mol. The lowest BCUT2D eigenvalue weighted by molar-refractivity contribution is 0.829. The molecule has 29 heavy (non-hydrogen) atoms. The van der Waals surface area contributed by atoms with Crippen LogP contribution < -0.4 is 5.56 Å². The first kappa shape index (κ1) is 19.3. The molecule has 6 heteroatoms. The summed E-state index contributed by atoms with van der Waals surface area (Å²) in [4.78, 5) is 26.3. The minimum atomic E-state index is -0.236. The molecule has 5 nitrogen and oxygen atoms in total. The Balaban J connectivity index is 1.99. The van der Waals surface area contributed by atoms with Gasteiger partial charge in [-0.1, -0.05) is 30.0 Å². The summed E-state index contributed by atoms with van der Waals surface area (Å²) in [5, 5.41) is 1.21. The third kappa shape index (κ3) is 3.68. The molecule has 3 aromatic heterocycles. The van der Waals surface area contributed by atoms with Crippen LogP contribution in [0.1, 0.15) is 27.9 Å². The van der Waals surface area contributed by atoms with Crippen molar-refractivity contribution in [3.05, 3.63) is 87.1 Å². The van der Waals surface area contributed by atoms with Crippen molar-refractivity contribution >= 4 is 22.8 Å². The molecule has 0 radical (unpaired) electrons. The minimum Gasteiger partial charge on any atom is -0.272 e. The normalized spacial score (nSPS) is 11.2. The van der Waals surface area contributed by atoms with Crippen LogP contribution in [0.15, 0.2) is 58.7 Å². The summed E-state index contributed by atoms with van der Waals surface area (Å²) >= 11 is 1.52. The molecule has 0 unspecified atom stereocenters. The van der Waals surface area contributed by atoms with Crippen LogP contribution in [-0.4, -0.2) is 19.5 Å².